The molecule has 3 aromatic rings. The quantitative estimate of drug-likeness (QED) is 0.409. The van der Waals surface area contributed by atoms with Crippen LogP contribution in [0.2, 0.25) is 0 Å². The Labute approximate surface area is 206 Å². The molecule has 180 valence electrons. The molecule has 0 saturated carbocycles. The van der Waals surface area contributed by atoms with Crippen LogP contribution in [-0.4, -0.2) is 23.1 Å². The normalized spacial score (nSPS) is 14.6. The molecule has 7 heteroatoms. The molecule has 0 saturated heterocycles. The van der Waals surface area contributed by atoms with Gasteiger partial charge in [0.2, 0.25) is 10.0 Å². The predicted octanol–water partition coefficient (Wildman–Crippen LogP) is 5.66. The summed E-state index contributed by atoms with van der Waals surface area (Å²) in [5, 5.41) is 0. The van der Waals surface area contributed by atoms with Crippen molar-refractivity contribution in [1.82, 2.24) is 4.72 Å². The van der Waals surface area contributed by atoms with Gasteiger partial charge in [-0.25, -0.2) is 17.3 Å². The highest BCUT2D eigenvalue weighted by molar-refractivity contribution is 7.89. The molecule has 0 spiro atoms. The van der Waals surface area contributed by atoms with E-state index in [0.29, 0.717) is 5.71 Å². The second kappa shape index (κ2) is 10.8. The van der Waals surface area contributed by atoms with E-state index in [1.165, 1.54) is 0 Å². The maximum Gasteiger partial charge on any atom is 0.241 e. The van der Waals surface area contributed by atoms with E-state index in [0.717, 1.165) is 22.3 Å². The molecule has 2 atom stereocenters. The predicted molar refractivity (Wildman–Crippen MR) is 141 cm³/mol. The maximum absolute atomic E-state index is 13.3. The number of sulfonamides is 1. The molecule has 0 radical (unpaired) electrons. The number of aryl methyl sites for hydroxylation is 2. The molecular formula is C27H32N2O3S2. The van der Waals surface area contributed by atoms with E-state index >= 15 is 0 Å². The van der Waals surface area contributed by atoms with Gasteiger partial charge in [0.15, 0.2) is 0 Å². The van der Waals surface area contributed by atoms with Crippen LogP contribution in [0, 0.1) is 13.8 Å². The van der Waals surface area contributed by atoms with Crippen molar-refractivity contribution in [3.63, 3.8) is 0 Å². The number of rotatable bonds is 8. The smallest absolute Gasteiger partial charge is 0.234 e. The molecule has 0 heterocycles. The molecular weight excluding hydrogens is 464 g/mol. The first-order valence-electron chi connectivity index (χ1n) is 11.2. The van der Waals surface area contributed by atoms with Crippen molar-refractivity contribution >= 4 is 26.7 Å². The minimum atomic E-state index is -3.80. The minimum absolute atomic E-state index is 0.201. The highest BCUT2D eigenvalue weighted by Gasteiger charge is 2.26. The summed E-state index contributed by atoms with van der Waals surface area (Å²) < 4.78 is 46.4. The monoisotopic (exact) mass is 496 g/mol. The lowest BCUT2D eigenvalue weighted by atomic mass is 9.97. The van der Waals surface area contributed by atoms with E-state index in [-0.39, 0.29) is 11.3 Å². The molecule has 0 aliphatic heterocycles. The number of benzene rings is 3. The van der Waals surface area contributed by atoms with Crippen molar-refractivity contribution in [2.45, 2.75) is 56.7 Å². The zero-order valence-electron chi connectivity index (χ0n) is 20.3. The van der Waals surface area contributed by atoms with Gasteiger partial charge in [-0.1, -0.05) is 77.9 Å². The van der Waals surface area contributed by atoms with Crippen molar-refractivity contribution in [2.24, 2.45) is 4.40 Å². The maximum atomic E-state index is 13.3. The van der Waals surface area contributed by atoms with E-state index < -0.39 is 31.8 Å². The van der Waals surface area contributed by atoms with Crippen LogP contribution in [0.5, 0.6) is 0 Å². The molecule has 3 aromatic carbocycles. The Morgan fingerprint density at radius 1 is 0.882 bits per heavy atom. The number of hydrogen-bond donors (Lipinski definition) is 1. The van der Waals surface area contributed by atoms with Crippen LogP contribution in [0.1, 0.15) is 55.5 Å². The summed E-state index contributed by atoms with van der Waals surface area (Å²) in [6.07, 6.45) is 0.250. The Balaban J connectivity index is 2.05. The zero-order valence-corrected chi connectivity index (χ0v) is 21.9. The average Bonchev–Trinajstić information content (AvgIpc) is 2.78. The van der Waals surface area contributed by atoms with E-state index in [1.54, 1.807) is 24.3 Å². The Bertz CT molecular complexity index is 1260. The van der Waals surface area contributed by atoms with E-state index in [9.17, 15) is 12.6 Å². The summed E-state index contributed by atoms with van der Waals surface area (Å²) in [7, 11) is -5.30. The summed E-state index contributed by atoms with van der Waals surface area (Å²) in [6, 6.07) is 23.4. The third kappa shape index (κ3) is 6.95. The van der Waals surface area contributed by atoms with Gasteiger partial charge in [0, 0.05) is 6.42 Å². The number of hydrogen-bond acceptors (Lipinski definition) is 3. The van der Waals surface area contributed by atoms with Crippen LogP contribution in [0.4, 0.5) is 0 Å². The van der Waals surface area contributed by atoms with Crippen LogP contribution < -0.4 is 4.72 Å². The first-order chi connectivity index (χ1) is 16.0. The lowest BCUT2D eigenvalue weighted by molar-refractivity contribution is 0.561. The van der Waals surface area contributed by atoms with E-state index in [4.69, 9.17) is 0 Å². The van der Waals surface area contributed by atoms with E-state index in [2.05, 4.69) is 9.12 Å². The standard InChI is InChI=1S/C27H32N2O3S2/c1-20-11-15-23(16-12-20)26(29-34(31,32)24-17-13-21(2)14-18-24)19-25(22-9-7-6-8-10-22)28-33(30)27(3,4)5/h6-18,26,29H,19H2,1-5H3/b28-25+/t26-,33+/m0/s1. The second-order valence-electron chi connectivity index (χ2n) is 9.37. The fourth-order valence-electron chi connectivity index (χ4n) is 3.27. The Kier molecular flexibility index (Phi) is 8.23. The average molecular weight is 497 g/mol. The second-order valence-corrected chi connectivity index (χ2v) is 13.0. The zero-order chi connectivity index (χ0) is 24.9. The Morgan fingerprint density at radius 3 is 1.94 bits per heavy atom. The van der Waals surface area contributed by atoms with Gasteiger partial charge in [0.1, 0.15) is 11.0 Å². The van der Waals surface area contributed by atoms with Crippen molar-refractivity contribution in [3.8, 4) is 0 Å². The van der Waals surface area contributed by atoms with Gasteiger partial charge in [0.25, 0.3) is 0 Å². The van der Waals surface area contributed by atoms with Crippen molar-refractivity contribution < 1.29 is 12.6 Å². The van der Waals surface area contributed by atoms with Crippen LogP contribution in [-0.2, 0) is 21.0 Å². The summed E-state index contributed by atoms with van der Waals surface area (Å²) in [5.41, 5.74) is 4.27. The fourth-order valence-corrected chi connectivity index (χ4v) is 5.15. The molecule has 0 fully saturated rings. The van der Waals surface area contributed by atoms with Crippen molar-refractivity contribution in [1.29, 1.82) is 0 Å². The van der Waals surface area contributed by atoms with Gasteiger partial charge in [-0.2, -0.15) is 4.40 Å². The van der Waals surface area contributed by atoms with E-state index in [1.807, 2.05) is 89.2 Å². The number of nitrogens with zero attached hydrogens (tertiary/aromatic N) is 1. The topological polar surface area (TPSA) is 75.6 Å². The molecule has 0 aromatic heterocycles. The molecule has 0 bridgehead atoms. The molecule has 1 N–H and O–H groups in total. The summed E-state index contributed by atoms with van der Waals surface area (Å²) >= 11 is 0. The molecule has 0 amide bonds. The van der Waals surface area contributed by atoms with Gasteiger partial charge in [-0.05, 0) is 57.9 Å². The molecule has 0 aliphatic carbocycles. The highest BCUT2D eigenvalue weighted by Crippen LogP contribution is 2.25. The first-order valence-corrected chi connectivity index (χ1v) is 13.8. The van der Waals surface area contributed by atoms with Gasteiger partial charge < -0.3 is 0 Å². The van der Waals surface area contributed by atoms with Gasteiger partial charge in [0.05, 0.1) is 21.4 Å². The molecule has 0 aliphatic rings. The van der Waals surface area contributed by atoms with Gasteiger partial charge >= 0.3 is 0 Å². The first kappa shape index (κ1) is 26.0. The third-order valence-corrected chi connectivity index (χ3v) is 8.25. The SMILES string of the molecule is Cc1ccc([C@H](C/C(=N\[S@](=O)C(C)(C)C)c2ccccc2)NS(=O)(=O)c2ccc(C)cc2)cc1. The van der Waals surface area contributed by atoms with Crippen molar-refractivity contribution in [2.75, 3.05) is 0 Å². The van der Waals surface area contributed by atoms with Crippen molar-refractivity contribution in [3.05, 3.63) is 101 Å². The molecule has 0 unspecified atom stereocenters. The van der Waals surface area contributed by atoms with Crippen LogP contribution in [0.15, 0.2) is 88.2 Å². The summed E-state index contributed by atoms with van der Waals surface area (Å²) in [4.78, 5) is 0.201. The van der Waals surface area contributed by atoms with Crippen LogP contribution >= 0.6 is 0 Å². The third-order valence-electron chi connectivity index (χ3n) is 5.33. The van der Waals surface area contributed by atoms with Crippen LogP contribution in [0.25, 0.3) is 0 Å². The van der Waals surface area contributed by atoms with Crippen LogP contribution in [0.3, 0.4) is 0 Å². The molecule has 5 nitrogen and oxygen atoms in total. The Morgan fingerprint density at radius 2 is 1.41 bits per heavy atom. The lowest BCUT2D eigenvalue weighted by Crippen LogP contribution is -2.31. The van der Waals surface area contributed by atoms with Gasteiger partial charge in [-0.3, -0.25) is 0 Å². The largest absolute Gasteiger partial charge is 0.241 e. The van der Waals surface area contributed by atoms with Gasteiger partial charge in [-0.15, -0.1) is 0 Å². The Hall–Kier alpha value is -2.61. The molecule has 3 rings (SSSR count). The lowest BCUT2D eigenvalue weighted by Gasteiger charge is -2.22. The number of nitrogens with one attached hydrogen (secondary N) is 1. The molecule has 34 heavy (non-hydrogen) atoms. The minimum Gasteiger partial charge on any atom is -0.234 e. The summed E-state index contributed by atoms with van der Waals surface area (Å²) in [6.45, 7) is 9.50. The fraction of sp³-hybridized carbons (Fsp3) is 0.296. The highest BCUT2D eigenvalue weighted by atomic mass is 32.2. The summed E-state index contributed by atoms with van der Waals surface area (Å²) in [5.74, 6) is 0.